The van der Waals surface area contributed by atoms with Gasteiger partial charge in [-0.2, -0.15) is 20.8 Å². The van der Waals surface area contributed by atoms with Crippen LogP contribution in [0.3, 0.4) is 0 Å². The molecule has 1 heteroatoms. The zero-order valence-electron chi connectivity index (χ0n) is 29.5. The third-order valence-electron chi connectivity index (χ3n) is 1.33. The molecule has 0 aliphatic carbocycles. The molecule has 0 saturated heterocycles. The summed E-state index contributed by atoms with van der Waals surface area (Å²) in [5.74, 6) is 1.42. The van der Waals surface area contributed by atoms with Gasteiger partial charge in [0.05, 0.1) is 0 Å². The largest absolute Gasteiger partial charge is 0.358 e. The van der Waals surface area contributed by atoms with Crippen molar-refractivity contribution in [2.75, 3.05) is 0 Å². The van der Waals surface area contributed by atoms with E-state index in [1.54, 1.807) is 0 Å². The molecule has 0 nitrogen and oxygen atoms in total. The van der Waals surface area contributed by atoms with E-state index < -0.39 is 0 Å². The van der Waals surface area contributed by atoms with Crippen LogP contribution in [0.1, 0.15) is 132 Å². The molecular formula is C36H72Y-2. The van der Waals surface area contributed by atoms with Crippen molar-refractivity contribution in [1.82, 2.24) is 0 Å². The van der Waals surface area contributed by atoms with E-state index in [0.29, 0.717) is 16.2 Å². The van der Waals surface area contributed by atoms with Crippen LogP contribution in [-0.2, 0) is 32.7 Å². The van der Waals surface area contributed by atoms with Crippen LogP contribution < -0.4 is 0 Å². The molecule has 0 amide bonds. The first kappa shape index (κ1) is 56.7. The van der Waals surface area contributed by atoms with Crippen molar-refractivity contribution in [3.05, 3.63) is 86.1 Å². The molecule has 0 spiro atoms. The monoisotopic (exact) mass is 593 g/mol. The Morgan fingerprint density at radius 3 is 0.378 bits per heavy atom. The molecule has 0 aliphatic heterocycles. The summed E-state index contributed by atoms with van der Waals surface area (Å²) in [6.45, 7) is 40.5. The molecule has 1 radical (unpaired) electrons. The first-order valence-corrected chi connectivity index (χ1v) is 13.5. The smallest absolute Gasteiger partial charge is 0 e. The Morgan fingerprint density at radius 2 is 0.351 bits per heavy atom. The standard InChI is InChI=1S/2C6H6.3C5H12.C4H9.2C2H6.CH3.Y/c2*1-2-4-6-5-3-1;3*1-5(2,3)4;1-4(2)3;2*1-2;;/h2*1-6H;3*1-4H3;1-3H3;2*1-2H3;1H3;/q;;;;;-1;;;-1;. The number of rotatable bonds is 0. The number of hydrogen-bond donors (Lipinski definition) is 0. The Labute approximate surface area is 265 Å². The van der Waals surface area contributed by atoms with Crippen LogP contribution in [0, 0.1) is 29.6 Å². The van der Waals surface area contributed by atoms with Gasteiger partial charge < -0.3 is 13.3 Å². The Balaban J connectivity index is -0.0000000440. The van der Waals surface area contributed by atoms with Gasteiger partial charge in [-0.15, -0.1) is 0 Å². The van der Waals surface area contributed by atoms with E-state index in [4.69, 9.17) is 0 Å². The zero-order chi connectivity index (χ0) is 29.6. The van der Waals surface area contributed by atoms with Crippen LogP contribution >= 0.6 is 0 Å². The van der Waals surface area contributed by atoms with Crippen molar-refractivity contribution in [2.45, 2.75) is 132 Å². The zero-order valence-corrected chi connectivity index (χ0v) is 32.3. The van der Waals surface area contributed by atoms with Crippen LogP contribution in [0.4, 0.5) is 0 Å². The van der Waals surface area contributed by atoms with Gasteiger partial charge in [0.15, 0.2) is 0 Å². The van der Waals surface area contributed by atoms with Crippen LogP contribution in [0.25, 0.3) is 0 Å². The summed E-state index contributed by atoms with van der Waals surface area (Å²) in [7, 11) is 0. The van der Waals surface area contributed by atoms with Gasteiger partial charge in [0.2, 0.25) is 0 Å². The molecule has 0 aliphatic rings. The minimum absolute atomic E-state index is 0. The van der Waals surface area contributed by atoms with E-state index in [2.05, 4.69) is 104 Å². The summed E-state index contributed by atoms with van der Waals surface area (Å²) in [6.07, 6.45) is 0. The summed E-state index contributed by atoms with van der Waals surface area (Å²) in [6, 6.07) is 24.0. The molecule has 0 saturated carbocycles. The minimum Gasteiger partial charge on any atom is -0.358 e. The summed E-state index contributed by atoms with van der Waals surface area (Å²) in [5.41, 5.74) is 1.50. The van der Waals surface area contributed by atoms with Crippen LogP contribution in [-0.4, -0.2) is 0 Å². The maximum absolute atomic E-state index is 2.19. The van der Waals surface area contributed by atoms with Gasteiger partial charge >= 0.3 is 0 Å². The van der Waals surface area contributed by atoms with E-state index in [1.807, 2.05) is 100 Å². The molecule has 0 bridgehead atoms. The van der Waals surface area contributed by atoms with Crippen LogP contribution in [0.15, 0.2) is 72.8 Å². The second kappa shape index (κ2) is 40.0. The SMILES string of the molecule is CC.CC.CC(C)(C)C.CC(C)(C)C.CC(C)(C)C.C[C-](C)C.[CH3-].[Y].c1ccccc1.c1ccccc1. The van der Waals surface area contributed by atoms with E-state index >= 15 is 0 Å². The first-order valence-electron chi connectivity index (χ1n) is 13.5. The third-order valence-corrected chi connectivity index (χ3v) is 1.33. The van der Waals surface area contributed by atoms with Gasteiger partial charge in [0, 0.05) is 32.7 Å². The number of hydrogen-bond acceptors (Lipinski definition) is 0. The summed E-state index contributed by atoms with van der Waals surface area (Å²) in [4.78, 5) is 0. The molecule has 0 aromatic heterocycles. The summed E-state index contributed by atoms with van der Waals surface area (Å²) >= 11 is 0. The van der Waals surface area contributed by atoms with Gasteiger partial charge in [-0.1, -0.05) is 184 Å². The van der Waals surface area contributed by atoms with Gasteiger partial charge in [-0.3, -0.25) is 0 Å². The van der Waals surface area contributed by atoms with E-state index in [0.717, 1.165) is 0 Å². The summed E-state index contributed by atoms with van der Waals surface area (Å²) < 4.78 is 0. The van der Waals surface area contributed by atoms with Crippen molar-refractivity contribution < 1.29 is 32.7 Å². The Bertz CT molecular complexity index is 389. The molecule has 37 heavy (non-hydrogen) atoms. The second-order valence-electron chi connectivity index (χ2n) is 12.8. The molecule has 2 rings (SSSR count). The van der Waals surface area contributed by atoms with Gasteiger partial charge in [0.25, 0.3) is 0 Å². The van der Waals surface area contributed by atoms with Gasteiger partial charge in [-0.05, 0) is 16.2 Å². The fourth-order valence-corrected chi connectivity index (χ4v) is 0.770. The van der Waals surface area contributed by atoms with Crippen molar-refractivity contribution in [2.24, 2.45) is 16.2 Å². The van der Waals surface area contributed by atoms with E-state index in [9.17, 15) is 0 Å². The first-order chi connectivity index (χ1) is 15.7. The Kier molecular flexibility index (Phi) is 61.3. The van der Waals surface area contributed by atoms with Crippen molar-refractivity contribution in [3.8, 4) is 0 Å². The molecule has 0 unspecified atom stereocenters. The van der Waals surface area contributed by atoms with Crippen molar-refractivity contribution >= 4 is 0 Å². The second-order valence-corrected chi connectivity index (χ2v) is 12.8. The maximum Gasteiger partial charge on any atom is 0 e. The van der Waals surface area contributed by atoms with E-state index in [-0.39, 0.29) is 40.1 Å². The topological polar surface area (TPSA) is 0 Å². The predicted octanol–water partition coefficient (Wildman–Crippen LogP) is 13.7. The number of benzene rings is 2. The van der Waals surface area contributed by atoms with E-state index in [1.165, 1.54) is 5.92 Å². The Morgan fingerprint density at radius 1 is 0.324 bits per heavy atom. The predicted molar refractivity (Wildman–Crippen MR) is 178 cm³/mol. The molecule has 0 N–H and O–H groups in total. The normalized spacial score (nSPS) is 8.76. The quantitative estimate of drug-likeness (QED) is 0.267. The molecule has 0 heterocycles. The van der Waals surface area contributed by atoms with Gasteiger partial charge in [-0.25, -0.2) is 0 Å². The molecule has 2 aromatic rings. The minimum atomic E-state index is 0. The van der Waals surface area contributed by atoms with Crippen molar-refractivity contribution in [3.63, 3.8) is 0 Å². The fraction of sp³-hybridized carbons (Fsp3) is 0.611. The Hall–Kier alpha value is -0.456. The average molecular weight is 594 g/mol. The molecule has 0 fully saturated rings. The summed E-state index contributed by atoms with van der Waals surface area (Å²) in [5, 5.41) is 0. The van der Waals surface area contributed by atoms with Crippen molar-refractivity contribution in [1.29, 1.82) is 0 Å². The maximum atomic E-state index is 2.19. The van der Waals surface area contributed by atoms with Gasteiger partial charge in [0.1, 0.15) is 0 Å². The third kappa shape index (κ3) is 300. The van der Waals surface area contributed by atoms with Crippen LogP contribution in [0.5, 0.6) is 0 Å². The van der Waals surface area contributed by atoms with Crippen LogP contribution in [0.2, 0.25) is 0 Å². The molecule has 221 valence electrons. The molecular weight excluding hydrogens is 521 g/mol. The average Bonchev–Trinajstić information content (AvgIpc) is 2.70. The fourth-order valence-electron chi connectivity index (χ4n) is 0.770. The molecule has 2 aromatic carbocycles. The molecule has 0 atom stereocenters.